The van der Waals surface area contributed by atoms with Gasteiger partial charge in [-0.3, -0.25) is 4.79 Å². The predicted molar refractivity (Wildman–Crippen MR) is 72.9 cm³/mol. The van der Waals surface area contributed by atoms with Crippen molar-refractivity contribution in [1.29, 1.82) is 0 Å². The van der Waals surface area contributed by atoms with Crippen LogP contribution in [-0.2, 0) is 0 Å². The standard InChI is InChI=1S/C13H17BrFNO2/c1-3-9(6-7-14)16-13(17)11-5-4-10(18-2)8-12(11)15/h4-5,8-9H,3,6-7H2,1-2H3,(H,16,17). The van der Waals surface area contributed by atoms with Crippen molar-refractivity contribution in [3.8, 4) is 5.75 Å². The molecule has 100 valence electrons. The molecule has 0 heterocycles. The van der Waals surface area contributed by atoms with E-state index in [1.165, 1.54) is 19.2 Å². The van der Waals surface area contributed by atoms with Crippen molar-refractivity contribution < 1.29 is 13.9 Å². The number of hydrogen-bond acceptors (Lipinski definition) is 2. The summed E-state index contributed by atoms with van der Waals surface area (Å²) in [6, 6.07) is 4.27. The summed E-state index contributed by atoms with van der Waals surface area (Å²) < 4.78 is 18.6. The zero-order chi connectivity index (χ0) is 13.5. The molecular weight excluding hydrogens is 301 g/mol. The number of rotatable bonds is 6. The molecule has 1 rings (SSSR count). The molecule has 0 aromatic heterocycles. The van der Waals surface area contributed by atoms with Gasteiger partial charge in [0, 0.05) is 17.4 Å². The van der Waals surface area contributed by atoms with Crippen LogP contribution in [0.25, 0.3) is 0 Å². The fourth-order valence-corrected chi connectivity index (χ4v) is 2.13. The Bertz CT molecular complexity index is 412. The average Bonchev–Trinajstić information content (AvgIpc) is 2.37. The van der Waals surface area contributed by atoms with E-state index in [0.29, 0.717) is 5.75 Å². The zero-order valence-electron chi connectivity index (χ0n) is 10.5. The van der Waals surface area contributed by atoms with Crippen molar-refractivity contribution in [3.63, 3.8) is 0 Å². The minimum Gasteiger partial charge on any atom is -0.497 e. The van der Waals surface area contributed by atoms with Gasteiger partial charge >= 0.3 is 0 Å². The van der Waals surface area contributed by atoms with Crippen molar-refractivity contribution in [1.82, 2.24) is 5.32 Å². The summed E-state index contributed by atoms with van der Waals surface area (Å²) in [5, 5.41) is 3.61. The van der Waals surface area contributed by atoms with Crippen LogP contribution in [0.5, 0.6) is 5.75 Å². The Morgan fingerprint density at radius 2 is 2.28 bits per heavy atom. The Morgan fingerprint density at radius 3 is 2.78 bits per heavy atom. The molecule has 0 aliphatic carbocycles. The lowest BCUT2D eigenvalue weighted by atomic mass is 10.1. The second-order valence-corrected chi connectivity index (χ2v) is 4.70. The van der Waals surface area contributed by atoms with Gasteiger partial charge in [-0.05, 0) is 25.0 Å². The van der Waals surface area contributed by atoms with Gasteiger partial charge in [-0.1, -0.05) is 22.9 Å². The van der Waals surface area contributed by atoms with Crippen LogP contribution in [0.2, 0.25) is 0 Å². The van der Waals surface area contributed by atoms with Gasteiger partial charge in [0.2, 0.25) is 0 Å². The third kappa shape index (κ3) is 3.98. The molecule has 0 radical (unpaired) electrons. The summed E-state index contributed by atoms with van der Waals surface area (Å²) in [5.74, 6) is -0.556. The number of halogens is 2. The van der Waals surface area contributed by atoms with Gasteiger partial charge in [0.15, 0.2) is 0 Å². The highest BCUT2D eigenvalue weighted by Gasteiger charge is 2.15. The van der Waals surface area contributed by atoms with Crippen LogP contribution >= 0.6 is 15.9 Å². The van der Waals surface area contributed by atoms with E-state index < -0.39 is 5.82 Å². The minimum atomic E-state index is -0.569. The van der Waals surface area contributed by atoms with E-state index in [-0.39, 0.29) is 17.5 Å². The van der Waals surface area contributed by atoms with Crippen molar-refractivity contribution in [3.05, 3.63) is 29.6 Å². The first-order valence-electron chi connectivity index (χ1n) is 5.82. The van der Waals surface area contributed by atoms with Crippen LogP contribution in [0.1, 0.15) is 30.1 Å². The largest absolute Gasteiger partial charge is 0.497 e. The summed E-state index contributed by atoms with van der Waals surface area (Å²) in [7, 11) is 1.46. The fraction of sp³-hybridized carbons (Fsp3) is 0.462. The van der Waals surface area contributed by atoms with E-state index in [2.05, 4.69) is 21.2 Å². The molecule has 18 heavy (non-hydrogen) atoms. The molecule has 0 saturated heterocycles. The first kappa shape index (κ1) is 15.0. The molecule has 1 N–H and O–H groups in total. The molecular formula is C13H17BrFNO2. The average molecular weight is 318 g/mol. The Morgan fingerprint density at radius 1 is 1.56 bits per heavy atom. The quantitative estimate of drug-likeness (QED) is 0.819. The second-order valence-electron chi connectivity index (χ2n) is 3.90. The summed E-state index contributed by atoms with van der Waals surface area (Å²) >= 11 is 3.33. The highest BCUT2D eigenvalue weighted by atomic mass is 79.9. The number of carbonyl (C=O) groups excluding carboxylic acids is 1. The van der Waals surface area contributed by atoms with Crippen LogP contribution in [0.15, 0.2) is 18.2 Å². The first-order valence-corrected chi connectivity index (χ1v) is 6.94. The van der Waals surface area contributed by atoms with Gasteiger partial charge in [-0.25, -0.2) is 4.39 Å². The lowest BCUT2D eigenvalue weighted by molar-refractivity contribution is 0.0931. The number of ether oxygens (including phenoxy) is 1. The van der Waals surface area contributed by atoms with Gasteiger partial charge in [0.05, 0.1) is 12.7 Å². The monoisotopic (exact) mass is 317 g/mol. The molecule has 0 bridgehead atoms. The highest BCUT2D eigenvalue weighted by molar-refractivity contribution is 9.09. The van der Waals surface area contributed by atoms with Crippen LogP contribution < -0.4 is 10.1 Å². The van der Waals surface area contributed by atoms with E-state index in [4.69, 9.17) is 4.74 Å². The van der Waals surface area contributed by atoms with E-state index >= 15 is 0 Å². The number of nitrogens with one attached hydrogen (secondary N) is 1. The summed E-state index contributed by atoms with van der Waals surface area (Å²) in [4.78, 5) is 11.9. The van der Waals surface area contributed by atoms with Gasteiger partial charge < -0.3 is 10.1 Å². The topological polar surface area (TPSA) is 38.3 Å². The minimum absolute atomic E-state index is 0.0452. The second kappa shape index (κ2) is 7.36. The van der Waals surface area contributed by atoms with Crippen molar-refractivity contribution in [2.75, 3.05) is 12.4 Å². The highest BCUT2D eigenvalue weighted by Crippen LogP contribution is 2.16. The Labute approximate surface area is 115 Å². The maximum absolute atomic E-state index is 13.7. The predicted octanol–water partition coefficient (Wildman–Crippen LogP) is 3.13. The molecule has 1 unspecified atom stereocenters. The van der Waals surface area contributed by atoms with Crippen LogP contribution in [0.4, 0.5) is 4.39 Å². The number of carbonyl (C=O) groups is 1. The SMILES string of the molecule is CCC(CCBr)NC(=O)c1ccc(OC)cc1F. The molecule has 0 aliphatic rings. The Hall–Kier alpha value is -1.10. The lowest BCUT2D eigenvalue weighted by Gasteiger charge is -2.16. The van der Waals surface area contributed by atoms with E-state index in [1.54, 1.807) is 6.07 Å². The van der Waals surface area contributed by atoms with Gasteiger partial charge in [-0.2, -0.15) is 0 Å². The molecule has 1 aromatic rings. The van der Waals surface area contributed by atoms with Gasteiger partial charge in [0.25, 0.3) is 5.91 Å². The molecule has 5 heteroatoms. The Kier molecular flexibility index (Phi) is 6.12. The maximum Gasteiger partial charge on any atom is 0.254 e. The number of amides is 1. The zero-order valence-corrected chi connectivity index (χ0v) is 12.1. The molecule has 1 amide bonds. The molecule has 0 fully saturated rings. The van der Waals surface area contributed by atoms with E-state index in [0.717, 1.165) is 18.2 Å². The van der Waals surface area contributed by atoms with Gasteiger partial charge in [-0.15, -0.1) is 0 Å². The molecule has 0 aliphatic heterocycles. The Balaban J connectivity index is 2.77. The molecule has 3 nitrogen and oxygen atoms in total. The fourth-order valence-electron chi connectivity index (χ4n) is 1.58. The first-order chi connectivity index (χ1) is 8.62. The van der Waals surface area contributed by atoms with Crippen molar-refractivity contribution in [2.24, 2.45) is 0 Å². The summed E-state index contributed by atoms with van der Waals surface area (Å²) in [6.07, 6.45) is 1.63. The third-order valence-electron chi connectivity index (χ3n) is 2.71. The summed E-state index contributed by atoms with van der Waals surface area (Å²) in [5.41, 5.74) is 0.0452. The van der Waals surface area contributed by atoms with Gasteiger partial charge in [0.1, 0.15) is 11.6 Å². The number of benzene rings is 1. The van der Waals surface area contributed by atoms with Crippen LogP contribution in [0, 0.1) is 5.82 Å². The molecule has 1 atom stereocenters. The lowest BCUT2D eigenvalue weighted by Crippen LogP contribution is -2.35. The molecule has 0 spiro atoms. The van der Waals surface area contributed by atoms with Crippen molar-refractivity contribution in [2.45, 2.75) is 25.8 Å². The number of methoxy groups -OCH3 is 1. The number of alkyl halides is 1. The van der Waals surface area contributed by atoms with E-state index in [9.17, 15) is 9.18 Å². The van der Waals surface area contributed by atoms with Crippen LogP contribution in [0.3, 0.4) is 0 Å². The third-order valence-corrected chi connectivity index (χ3v) is 3.16. The maximum atomic E-state index is 13.7. The van der Waals surface area contributed by atoms with E-state index in [1.807, 2.05) is 6.92 Å². The normalized spacial score (nSPS) is 12.0. The molecule has 0 saturated carbocycles. The van der Waals surface area contributed by atoms with Crippen LogP contribution in [-0.4, -0.2) is 24.4 Å². The molecule has 1 aromatic carbocycles. The van der Waals surface area contributed by atoms with Crippen molar-refractivity contribution >= 4 is 21.8 Å². The number of hydrogen-bond donors (Lipinski definition) is 1. The smallest absolute Gasteiger partial charge is 0.254 e. The summed E-state index contributed by atoms with van der Waals surface area (Å²) in [6.45, 7) is 1.98.